The van der Waals surface area contributed by atoms with Crippen molar-refractivity contribution < 1.29 is 22.7 Å². The third kappa shape index (κ3) is 6.26. The maximum absolute atomic E-state index is 12.9. The van der Waals surface area contributed by atoms with Gasteiger partial charge in [0.15, 0.2) is 0 Å². The van der Waals surface area contributed by atoms with E-state index in [2.05, 4.69) is 36.6 Å². The maximum Gasteiger partial charge on any atom is 0.326 e. The SMILES string of the molecule is Cc1ccc(Br)c(S(=O)(=O)NCCN2CCC(=O)N(CCOc3ccc4cc(Br)ccc4c3)C2=O)c1. The average Bonchev–Trinajstić information content (AvgIpc) is 2.84. The number of carbonyl (C=O) groups excluding carboxylic acids is 2. The Bertz CT molecular complexity index is 1410. The number of ether oxygens (including phenoxy) is 1. The van der Waals surface area contributed by atoms with E-state index in [1.807, 2.05) is 49.4 Å². The number of benzene rings is 3. The standard InChI is InChI=1S/C25H25Br2N3O5S/c1-17-2-7-22(27)23(14-17)36(33,34)28-9-11-29-10-8-24(31)30(25(29)32)12-13-35-21-6-4-18-15-20(26)5-3-19(18)16-21/h2-7,14-16,28H,8-13H2,1H3. The van der Waals surface area contributed by atoms with E-state index in [1.165, 1.54) is 4.90 Å². The lowest BCUT2D eigenvalue weighted by molar-refractivity contribution is -0.131. The molecule has 3 amide bonds. The Morgan fingerprint density at radius 3 is 2.53 bits per heavy atom. The molecule has 36 heavy (non-hydrogen) atoms. The Morgan fingerprint density at radius 2 is 1.72 bits per heavy atom. The third-order valence-electron chi connectivity index (χ3n) is 5.81. The summed E-state index contributed by atoms with van der Waals surface area (Å²) in [7, 11) is -3.76. The van der Waals surface area contributed by atoms with Gasteiger partial charge < -0.3 is 9.64 Å². The first kappa shape index (κ1) is 26.6. The van der Waals surface area contributed by atoms with Gasteiger partial charge in [0, 0.05) is 35.0 Å². The van der Waals surface area contributed by atoms with Gasteiger partial charge in [-0.05, 0) is 75.6 Å². The number of carbonyl (C=O) groups is 2. The second-order valence-electron chi connectivity index (χ2n) is 8.40. The van der Waals surface area contributed by atoms with Crippen LogP contribution in [0.4, 0.5) is 4.79 Å². The molecule has 1 saturated heterocycles. The summed E-state index contributed by atoms with van der Waals surface area (Å²) in [6.07, 6.45) is 0.173. The van der Waals surface area contributed by atoms with Crippen LogP contribution in [0.2, 0.25) is 0 Å². The summed E-state index contributed by atoms with van der Waals surface area (Å²) in [6.45, 7) is 2.49. The van der Waals surface area contributed by atoms with Gasteiger partial charge in [-0.1, -0.05) is 34.1 Å². The third-order valence-corrected chi connectivity index (χ3v) is 8.75. The molecule has 3 aromatic carbocycles. The van der Waals surface area contributed by atoms with E-state index in [9.17, 15) is 18.0 Å². The minimum Gasteiger partial charge on any atom is -0.492 e. The number of fused-ring (bicyclic) bond motifs is 1. The highest BCUT2D eigenvalue weighted by Crippen LogP contribution is 2.25. The molecule has 1 aliphatic heterocycles. The molecule has 8 nitrogen and oxygen atoms in total. The number of sulfonamides is 1. The number of urea groups is 1. The van der Waals surface area contributed by atoms with Crippen molar-refractivity contribution in [2.45, 2.75) is 18.2 Å². The molecule has 0 unspecified atom stereocenters. The number of rotatable bonds is 9. The number of amides is 3. The predicted octanol–water partition coefficient (Wildman–Crippen LogP) is 4.68. The number of imide groups is 1. The topological polar surface area (TPSA) is 96.0 Å². The van der Waals surface area contributed by atoms with Crippen molar-refractivity contribution in [2.24, 2.45) is 0 Å². The van der Waals surface area contributed by atoms with E-state index >= 15 is 0 Å². The molecule has 3 aromatic rings. The molecule has 0 radical (unpaired) electrons. The van der Waals surface area contributed by atoms with E-state index in [-0.39, 0.29) is 50.0 Å². The van der Waals surface area contributed by atoms with E-state index < -0.39 is 16.1 Å². The summed E-state index contributed by atoms with van der Waals surface area (Å²) >= 11 is 6.73. The van der Waals surface area contributed by atoms with Gasteiger partial charge in [-0.15, -0.1) is 0 Å². The summed E-state index contributed by atoms with van der Waals surface area (Å²) in [4.78, 5) is 28.1. The molecule has 1 heterocycles. The summed E-state index contributed by atoms with van der Waals surface area (Å²) in [5, 5.41) is 2.09. The minimum absolute atomic E-state index is 0.0280. The number of hydrogen-bond donors (Lipinski definition) is 1. The molecule has 1 N–H and O–H groups in total. The van der Waals surface area contributed by atoms with Crippen LogP contribution in [0, 0.1) is 6.92 Å². The van der Waals surface area contributed by atoms with Crippen LogP contribution in [0.5, 0.6) is 5.75 Å². The minimum atomic E-state index is -3.76. The van der Waals surface area contributed by atoms with Crippen LogP contribution >= 0.6 is 31.9 Å². The lowest BCUT2D eigenvalue weighted by Crippen LogP contribution is -2.54. The van der Waals surface area contributed by atoms with E-state index in [0.29, 0.717) is 10.2 Å². The fourth-order valence-electron chi connectivity index (χ4n) is 3.91. The number of hydrogen-bond acceptors (Lipinski definition) is 5. The molecule has 0 spiro atoms. The van der Waals surface area contributed by atoms with Gasteiger partial charge in [0.05, 0.1) is 11.4 Å². The highest BCUT2D eigenvalue weighted by Gasteiger charge is 2.31. The van der Waals surface area contributed by atoms with Gasteiger partial charge in [-0.25, -0.2) is 17.9 Å². The first-order valence-electron chi connectivity index (χ1n) is 11.3. The number of nitrogens with one attached hydrogen (secondary N) is 1. The normalized spacial score (nSPS) is 14.5. The highest BCUT2D eigenvalue weighted by molar-refractivity contribution is 9.10. The summed E-state index contributed by atoms with van der Waals surface area (Å²) in [5.41, 5.74) is 0.818. The van der Waals surface area contributed by atoms with Crippen LogP contribution < -0.4 is 9.46 Å². The molecule has 0 bridgehead atoms. The van der Waals surface area contributed by atoms with Crippen LogP contribution in [-0.4, -0.2) is 62.9 Å². The molecular formula is C25H25Br2N3O5S. The quantitative estimate of drug-likeness (QED) is 0.367. The Kier molecular flexibility index (Phi) is 8.34. The molecule has 0 atom stereocenters. The van der Waals surface area contributed by atoms with Gasteiger partial charge in [0.25, 0.3) is 0 Å². The first-order chi connectivity index (χ1) is 17.1. The smallest absolute Gasteiger partial charge is 0.326 e. The molecule has 4 rings (SSSR count). The highest BCUT2D eigenvalue weighted by atomic mass is 79.9. The van der Waals surface area contributed by atoms with Gasteiger partial charge in [-0.2, -0.15) is 0 Å². The molecule has 1 aliphatic rings. The molecule has 0 aromatic heterocycles. The van der Waals surface area contributed by atoms with Gasteiger partial charge in [0.1, 0.15) is 12.4 Å². The lowest BCUT2D eigenvalue weighted by atomic mass is 10.1. The lowest BCUT2D eigenvalue weighted by Gasteiger charge is -2.34. The van der Waals surface area contributed by atoms with Gasteiger partial charge in [-0.3, -0.25) is 9.69 Å². The summed E-state index contributed by atoms with van der Waals surface area (Å²) in [6, 6.07) is 16.3. The van der Waals surface area contributed by atoms with E-state index in [0.717, 1.165) is 25.7 Å². The second-order valence-corrected chi connectivity index (χ2v) is 11.9. The zero-order chi connectivity index (χ0) is 25.9. The van der Waals surface area contributed by atoms with Crippen molar-refractivity contribution in [3.63, 3.8) is 0 Å². The van der Waals surface area contributed by atoms with Crippen molar-refractivity contribution in [3.05, 3.63) is 69.1 Å². The van der Waals surface area contributed by atoms with Crippen molar-refractivity contribution in [3.8, 4) is 5.75 Å². The fourth-order valence-corrected chi connectivity index (χ4v) is 6.36. The fraction of sp³-hybridized carbons (Fsp3) is 0.280. The van der Waals surface area contributed by atoms with E-state index in [4.69, 9.17) is 4.74 Å². The van der Waals surface area contributed by atoms with Crippen LogP contribution in [0.25, 0.3) is 10.8 Å². The Morgan fingerprint density at radius 1 is 0.972 bits per heavy atom. The van der Waals surface area contributed by atoms with Gasteiger partial charge >= 0.3 is 6.03 Å². The van der Waals surface area contributed by atoms with Crippen molar-refractivity contribution in [1.29, 1.82) is 0 Å². The molecular weight excluding hydrogens is 614 g/mol. The maximum atomic E-state index is 12.9. The van der Waals surface area contributed by atoms with Crippen molar-refractivity contribution in [1.82, 2.24) is 14.5 Å². The largest absolute Gasteiger partial charge is 0.492 e. The van der Waals surface area contributed by atoms with Crippen LogP contribution in [0.1, 0.15) is 12.0 Å². The Labute approximate surface area is 226 Å². The molecule has 0 saturated carbocycles. The van der Waals surface area contributed by atoms with Gasteiger partial charge in [0.2, 0.25) is 15.9 Å². The number of halogens is 2. The molecule has 0 aliphatic carbocycles. The summed E-state index contributed by atoms with van der Waals surface area (Å²) in [5.74, 6) is 0.378. The number of aryl methyl sites for hydroxylation is 1. The Hall–Kier alpha value is -2.47. The average molecular weight is 639 g/mol. The summed E-state index contributed by atoms with van der Waals surface area (Å²) < 4.78 is 35.2. The van der Waals surface area contributed by atoms with Crippen LogP contribution in [-0.2, 0) is 14.8 Å². The van der Waals surface area contributed by atoms with Crippen molar-refractivity contribution in [2.75, 3.05) is 32.8 Å². The second kappa shape index (κ2) is 11.3. The molecule has 1 fully saturated rings. The first-order valence-corrected chi connectivity index (χ1v) is 14.4. The Balaban J connectivity index is 1.31. The zero-order valence-corrected chi connectivity index (χ0v) is 23.5. The zero-order valence-electron chi connectivity index (χ0n) is 19.5. The van der Waals surface area contributed by atoms with Crippen molar-refractivity contribution >= 4 is 64.6 Å². The predicted molar refractivity (Wildman–Crippen MR) is 145 cm³/mol. The molecule has 11 heteroatoms. The van der Waals surface area contributed by atoms with E-state index in [1.54, 1.807) is 12.1 Å². The number of nitrogens with zero attached hydrogens (tertiary/aromatic N) is 2. The molecule has 190 valence electrons. The van der Waals surface area contributed by atoms with Crippen LogP contribution in [0.3, 0.4) is 0 Å². The monoisotopic (exact) mass is 637 g/mol. The van der Waals surface area contributed by atoms with Crippen LogP contribution in [0.15, 0.2) is 68.4 Å².